The van der Waals surface area contributed by atoms with E-state index in [-0.39, 0.29) is 5.91 Å². The van der Waals surface area contributed by atoms with Crippen LogP contribution in [0, 0.1) is 0 Å². The van der Waals surface area contributed by atoms with Gasteiger partial charge in [-0.15, -0.1) is 0 Å². The highest BCUT2D eigenvalue weighted by molar-refractivity contribution is 5.91. The summed E-state index contributed by atoms with van der Waals surface area (Å²) < 4.78 is 0. The van der Waals surface area contributed by atoms with Crippen molar-refractivity contribution in [1.29, 1.82) is 0 Å². The van der Waals surface area contributed by atoms with Crippen molar-refractivity contribution in [2.45, 2.75) is 19.3 Å². The fraction of sp³-hybridized carbons (Fsp3) is 0.615. The Morgan fingerprint density at radius 3 is 2.78 bits per heavy atom. The molecule has 0 spiro atoms. The van der Waals surface area contributed by atoms with Crippen molar-refractivity contribution >= 4 is 5.91 Å². The Kier molecular flexibility index (Phi) is 4.64. The highest BCUT2D eigenvalue weighted by atomic mass is 16.2. The number of carbonyl (C=O) groups excluding carboxylic acids is 1. The Balaban J connectivity index is 1.80. The van der Waals surface area contributed by atoms with Crippen LogP contribution in [-0.4, -0.2) is 58.9 Å². The molecule has 0 N–H and O–H groups in total. The Hall–Kier alpha value is -1.49. The maximum atomic E-state index is 12.0. The zero-order chi connectivity index (χ0) is 12.8. The number of likely N-dealkylation sites (tertiary alicyclic amines) is 1. The molecule has 1 fully saturated rings. The second-order valence-electron chi connectivity index (χ2n) is 4.72. The number of aromatic nitrogens is 2. The van der Waals surface area contributed by atoms with Crippen molar-refractivity contribution in [1.82, 2.24) is 19.8 Å². The summed E-state index contributed by atoms with van der Waals surface area (Å²) in [6, 6.07) is 0. The van der Waals surface area contributed by atoms with Crippen LogP contribution in [0.2, 0.25) is 0 Å². The van der Waals surface area contributed by atoms with Gasteiger partial charge in [-0.1, -0.05) is 6.42 Å². The Morgan fingerprint density at radius 1 is 1.33 bits per heavy atom. The molecule has 5 nitrogen and oxygen atoms in total. The largest absolute Gasteiger partial charge is 0.339 e. The van der Waals surface area contributed by atoms with Crippen molar-refractivity contribution in [2.75, 3.05) is 33.2 Å². The van der Waals surface area contributed by atoms with Gasteiger partial charge in [0.15, 0.2) is 0 Å². The summed E-state index contributed by atoms with van der Waals surface area (Å²) in [5.74, 6) is -0.0555. The fourth-order valence-corrected chi connectivity index (χ4v) is 2.18. The molecule has 1 aromatic heterocycles. The number of piperidine rings is 1. The average Bonchev–Trinajstić information content (AvgIpc) is 2.46. The quantitative estimate of drug-likeness (QED) is 0.798. The Morgan fingerprint density at radius 2 is 2.11 bits per heavy atom. The first-order valence-electron chi connectivity index (χ1n) is 6.51. The number of likely N-dealkylation sites (N-methyl/N-ethyl adjacent to an activating group) is 1. The molecule has 18 heavy (non-hydrogen) atoms. The molecule has 0 saturated carbocycles. The van der Waals surface area contributed by atoms with E-state index in [2.05, 4.69) is 14.9 Å². The topological polar surface area (TPSA) is 49.3 Å². The van der Waals surface area contributed by atoms with Crippen molar-refractivity contribution in [3.05, 3.63) is 24.3 Å². The molecule has 98 valence electrons. The lowest BCUT2D eigenvalue weighted by atomic mass is 10.1. The molecule has 1 aromatic rings. The summed E-state index contributed by atoms with van der Waals surface area (Å²) in [7, 11) is 1.82. The van der Waals surface area contributed by atoms with Gasteiger partial charge >= 0.3 is 0 Å². The lowest BCUT2D eigenvalue weighted by molar-refractivity contribution is 0.0766. The summed E-state index contributed by atoms with van der Waals surface area (Å²) in [5.41, 5.74) is 0.415. The van der Waals surface area contributed by atoms with Gasteiger partial charge in [-0.3, -0.25) is 9.78 Å². The van der Waals surface area contributed by atoms with E-state index in [9.17, 15) is 4.79 Å². The van der Waals surface area contributed by atoms with E-state index in [0.717, 1.165) is 26.2 Å². The van der Waals surface area contributed by atoms with Crippen LogP contribution in [0.5, 0.6) is 0 Å². The van der Waals surface area contributed by atoms with E-state index in [0.29, 0.717) is 5.69 Å². The Labute approximate surface area is 108 Å². The van der Waals surface area contributed by atoms with Crippen LogP contribution < -0.4 is 0 Å². The monoisotopic (exact) mass is 248 g/mol. The van der Waals surface area contributed by atoms with E-state index in [1.54, 1.807) is 17.3 Å². The summed E-state index contributed by atoms with van der Waals surface area (Å²) >= 11 is 0. The van der Waals surface area contributed by atoms with Crippen molar-refractivity contribution in [2.24, 2.45) is 0 Å². The molecule has 2 heterocycles. The molecular weight excluding hydrogens is 228 g/mol. The second-order valence-corrected chi connectivity index (χ2v) is 4.72. The zero-order valence-electron chi connectivity index (χ0n) is 10.9. The van der Waals surface area contributed by atoms with Gasteiger partial charge in [0.05, 0.1) is 6.20 Å². The molecule has 1 amide bonds. The van der Waals surface area contributed by atoms with Crippen LogP contribution in [0.1, 0.15) is 29.8 Å². The van der Waals surface area contributed by atoms with E-state index in [1.165, 1.54) is 25.5 Å². The summed E-state index contributed by atoms with van der Waals surface area (Å²) in [4.78, 5) is 24.1. The van der Waals surface area contributed by atoms with Gasteiger partial charge in [-0.25, -0.2) is 4.98 Å². The van der Waals surface area contributed by atoms with Crippen LogP contribution in [0.15, 0.2) is 18.6 Å². The molecule has 2 rings (SSSR count). The maximum Gasteiger partial charge on any atom is 0.273 e. The average molecular weight is 248 g/mol. The van der Waals surface area contributed by atoms with Gasteiger partial charge in [0.1, 0.15) is 5.69 Å². The molecule has 5 heteroatoms. The zero-order valence-corrected chi connectivity index (χ0v) is 10.9. The second kappa shape index (κ2) is 6.44. The highest BCUT2D eigenvalue weighted by Crippen LogP contribution is 2.08. The third-order valence-corrected chi connectivity index (χ3v) is 3.33. The van der Waals surface area contributed by atoms with Crippen LogP contribution in [-0.2, 0) is 0 Å². The molecule has 0 aliphatic carbocycles. The van der Waals surface area contributed by atoms with Gasteiger partial charge in [-0.05, 0) is 25.9 Å². The van der Waals surface area contributed by atoms with E-state index in [4.69, 9.17) is 0 Å². The van der Waals surface area contributed by atoms with Gasteiger partial charge in [0.2, 0.25) is 0 Å². The lowest BCUT2D eigenvalue weighted by Crippen LogP contribution is -2.38. The normalized spacial score (nSPS) is 16.5. The van der Waals surface area contributed by atoms with Gasteiger partial charge in [0, 0.05) is 32.5 Å². The molecule has 1 aliphatic heterocycles. The van der Waals surface area contributed by atoms with Gasteiger partial charge in [-0.2, -0.15) is 0 Å². The third kappa shape index (κ3) is 3.50. The standard InChI is InChI=1S/C13H20N4O/c1-16(9-10-17-7-3-2-4-8-17)13(18)12-11-14-5-6-15-12/h5-6,11H,2-4,7-10H2,1H3. The predicted octanol–water partition coefficient (Wildman–Crippen LogP) is 1.03. The van der Waals surface area contributed by atoms with E-state index >= 15 is 0 Å². The SMILES string of the molecule is CN(CCN1CCCCC1)C(=O)c1cnccn1. The summed E-state index contributed by atoms with van der Waals surface area (Å²) in [6.07, 6.45) is 8.53. The smallest absolute Gasteiger partial charge is 0.273 e. The van der Waals surface area contributed by atoms with E-state index < -0.39 is 0 Å². The van der Waals surface area contributed by atoms with Crippen LogP contribution >= 0.6 is 0 Å². The number of amides is 1. The van der Waals surface area contributed by atoms with Crippen molar-refractivity contribution in [3.63, 3.8) is 0 Å². The molecule has 0 aromatic carbocycles. The Bertz CT molecular complexity index is 376. The first-order valence-corrected chi connectivity index (χ1v) is 6.51. The van der Waals surface area contributed by atoms with Gasteiger partial charge in [0.25, 0.3) is 5.91 Å². The highest BCUT2D eigenvalue weighted by Gasteiger charge is 2.15. The first-order chi connectivity index (χ1) is 8.77. The van der Waals surface area contributed by atoms with Crippen molar-refractivity contribution < 1.29 is 4.79 Å². The predicted molar refractivity (Wildman–Crippen MR) is 69.3 cm³/mol. The first kappa shape index (κ1) is 13.0. The number of carbonyl (C=O) groups is 1. The number of nitrogens with zero attached hydrogens (tertiary/aromatic N) is 4. The maximum absolute atomic E-state index is 12.0. The minimum Gasteiger partial charge on any atom is -0.339 e. The third-order valence-electron chi connectivity index (χ3n) is 3.33. The molecule has 0 atom stereocenters. The van der Waals surface area contributed by atoms with Crippen molar-refractivity contribution in [3.8, 4) is 0 Å². The molecule has 0 bridgehead atoms. The van der Waals surface area contributed by atoms with Crippen LogP contribution in [0.25, 0.3) is 0 Å². The fourth-order valence-electron chi connectivity index (χ4n) is 2.18. The molecule has 0 unspecified atom stereocenters. The summed E-state index contributed by atoms with van der Waals surface area (Å²) in [6.45, 7) is 4.01. The number of hydrogen-bond acceptors (Lipinski definition) is 4. The molecule has 1 saturated heterocycles. The van der Waals surface area contributed by atoms with Crippen LogP contribution in [0.3, 0.4) is 0 Å². The van der Waals surface area contributed by atoms with E-state index in [1.807, 2.05) is 7.05 Å². The molecular formula is C13H20N4O. The molecule has 1 aliphatic rings. The van der Waals surface area contributed by atoms with Crippen LogP contribution in [0.4, 0.5) is 0 Å². The number of hydrogen-bond donors (Lipinski definition) is 0. The minimum absolute atomic E-state index is 0.0555. The van der Waals surface area contributed by atoms with Gasteiger partial charge < -0.3 is 9.80 Å². The minimum atomic E-state index is -0.0555. The lowest BCUT2D eigenvalue weighted by Gasteiger charge is -2.28. The number of rotatable bonds is 4. The molecule has 0 radical (unpaired) electrons. The summed E-state index contributed by atoms with van der Waals surface area (Å²) in [5, 5.41) is 0.